The van der Waals surface area contributed by atoms with E-state index in [4.69, 9.17) is 5.11 Å². The van der Waals surface area contributed by atoms with Crippen LogP contribution in [0, 0.1) is 6.92 Å². The number of aliphatic hydroxyl groups is 1. The minimum absolute atomic E-state index is 0.167. The van der Waals surface area contributed by atoms with E-state index < -0.39 is 0 Å². The molecule has 2 aromatic rings. The number of para-hydroxylation sites is 1. The first-order valence-electron chi connectivity index (χ1n) is 5.47. The van der Waals surface area contributed by atoms with Gasteiger partial charge in [0.2, 0.25) is 0 Å². The molecule has 3 heteroatoms. The summed E-state index contributed by atoms with van der Waals surface area (Å²) >= 11 is 0. The smallest absolute Gasteiger partial charge is 0.0704 e. The summed E-state index contributed by atoms with van der Waals surface area (Å²) in [4.78, 5) is 4.42. The second kappa shape index (κ2) is 5.05. The van der Waals surface area contributed by atoms with Crippen LogP contribution < -0.4 is 5.32 Å². The molecule has 3 nitrogen and oxygen atoms in total. The lowest BCUT2D eigenvalue weighted by Crippen LogP contribution is -2.18. The number of nitrogens with zero attached hydrogens (tertiary/aromatic N) is 1. The summed E-state index contributed by atoms with van der Waals surface area (Å²) in [5.74, 6) is 0. The molecule has 1 aromatic carbocycles. The van der Waals surface area contributed by atoms with Crippen molar-refractivity contribution in [1.82, 2.24) is 10.3 Å². The van der Waals surface area contributed by atoms with Crippen LogP contribution in [-0.4, -0.2) is 23.2 Å². The highest BCUT2D eigenvalue weighted by molar-refractivity contribution is 5.82. The van der Waals surface area contributed by atoms with Crippen LogP contribution >= 0.6 is 0 Å². The maximum absolute atomic E-state index is 8.71. The van der Waals surface area contributed by atoms with E-state index in [9.17, 15) is 0 Å². The normalized spacial score (nSPS) is 10.9. The highest BCUT2D eigenvalue weighted by Gasteiger charge is 2.03. The Morgan fingerprint density at radius 2 is 2.12 bits per heavy atom. The summed E-state index contributed by atoms with van der Waals surface area (Å²) in [6, 6.07) is 8.14. The molecular weight excluding hydrogens is 200 g/mol. The van der Waals surface area contributed by atoms with Gasteiger partial charge < -0.3 is 10.4 Å². The summed E-state index contributed by atoms with van der Waals surface area (Å²) in [6.07, 6.45) is 1.90. The van der Waals surface area contributed by atoms with Crippen molar-refractivity contribution in [3.05, 3.63) is 41.6 Å². The third-order valence-corrected chi connectivity index (χ3v) is 2.75. The van der Waals surface area contributed by atoms with Gasteiger partial charge in [0.05, 0.1) is 12.1 Å². The number of aryl methyl sites for hydroxylation is 1. The number of hydrogen-bond donors (Lipinski definition) is 2. The fourth-order valence-electron chi connectivity index (χ4n) is 1.80. The summed E-state index contributed by atoms with van der Waals surface area (Å²) < 4.78 is 0. The van der Waals surface area contributed by atoms with Crippen LogP contribution in [0.1, 0.15) is 11.1 Å². The van der Waals surface area contributed by atoms with Gasteiger partial charge in [-0.2, -0.15) is 0 Å². The first-order chi connectivity index (χ1) is 7.83. The molecule has 16 heavy (non-hydrogen) atoms. The lowest BCUT2D eigenvalue weighted by atomic mass is 10.1. The van der Waals surface area contributed by atoms with E-state index in [1.54, 1.807) is 0 Å². The number of rotatable bonds is 4. The molecular formula is C13H16N2O. The van der Waals surface area contributed by atoms with Crippen LogP contribution in [-0.2, 0) is 6.54 Å². The van der Waals surface area contributed by atoms with Gasteiger partial charge in [-0.25, -0.2) is 0 Å². The fourth-order valence-corrected chi connectivity index (χ4v) is 1.80. The second-order valence-corrected chi connectivity index (χ2v) is 3.83. The quantitative estimate of drug-likeness (QED) is 0.763. The molecule has 0 saturated heterocycles. The average Bonchev–Trinajstić information content (AvgIpc) is 2.33. The van der Waals surface area contributed by atoms with Crippen LogP contribution in [0.4, 0.5) is 0 Å². The first-order valence-corrected chi connectivity index (χ1v) is 5.47. The minimum Gasteiger partial charge on any atom is -0.395 e. The summed E-state index contributed by atoms with van der Waals surface area (Å²) in [5.41, 5.74) is 3.48. The third kappa shape index (κ3) is 2.21. The van der Waals surface area contributed by atoms with E-state index in [-0.39, 0.29) is 6.61 Å². The Bertz CT molecular complexity index is 482. The average molecular weight is 216 g/mol. The van der Waals surface area contributed by atoms with Crippen molar-refractivity contribution < 1.29 is 5.11 Å². The van der Waals surface area contributed by atoms with E-state index >= 15 is 0 Å². The van der Waals surface area contributed by atoms with Gasteiger partial charge in [0.15, 0.2) is 0 Å². The molecule has 0 bridgehead atoms. The molecule has 0 amide bonds. The monoisotopic (exact) mass is 216 g/mol. The number of benzene rings is 1. The standard InChI is InChI=1S/C13H16N2O/c1-10-11(8-14-6-7-16)9-15-13-5-3-2-4-12(10)13/h2-5,9,14,16H,6-8H2,1H3. The zero-order valence-corrected chi connectivity index (χ0v) is 9.40. The predicted molar refractivity (Wildman–Crippen MR) is 65.3 cm³/mol. The van der Waals surface area contributed by atoms with Gasteiger partial charge in [-0.05, 0) is 24.1 Å². The van der Waals surface area contributed by atoms with E-state index in [1.807, 2.05) is 24.4 Å². The summed E-state index contributed by atoms with van der Waals surface area (Å²) in [6.45, 7) is 3.65. The van der Waals surface area contributed by atoms with E-state index in [2.05, 4.69) is 23.3 Å². The van der Waals surface area contributed by atoms with Gasteiger partial charge in [0.25, 0.3) is 0 Å². The highest BCUT2D eigenvalue weighted by Crippen LogP contribution is 2.18. The predicted octanol–water partition coefficient (Wildman–Crippen LogP) is 1.63. The van der Waals surface area contributed by atoms with Crippen molar-refractivity contribution in [2.75, 3.05) is 13.2 Å². The Balaban J connectivity index is 2.29. The van der Waals surface area contributed by atoms with Crippen LogP contribution in [0.5, 0.6) is 0 Å². The number of pyridine rings is 1. The zero-order chi connectivity index (χ0) is 11.4. The minimum atomic E-state index is 0.167. The van der Waals surface area contributed by atoms with E-state index in [0.29, 0.717) is 6.54 Å². The molecule has 0 spiro atoms. The molecule has 2 N–H and O–H groups in total. The lowest BCUT2D eigenvalue weighted by molar-refractivity contribution is 0.292. The summed E-state index contributed by atoms with van der Waals surface area (Å²) in [7, 11) is 0. The van der Waals surface area contributed by atoms with Gasteiger partial charge in [0, 0.05) is 24.7 Å². The van der Waals surface area contributed by atoms with E-state index in [1.165, 1.54) is 16.5 Å². The molecule has 1 aromatic heterocycles. The maximum Gasteiger partial charge on any atom is 0.0704 e. The summed E-state index contributed by atoms with van der Waals surface area (Å²) in [5, 5.41) is 13.1. The number of aromatic nitrogens is 1. The van der Waals surface area contributed by atoms with Crippen molar-refractivity contribution in [1.29, 1.82) is 0 Å². The van der Waals surface area contributed by atoms with Crippen LogP contribution in [0.3, 0.4) is 0 Å². The largest absolute Gasteiger partial charge is 0.395 e. The molecule has 84 valence electrons. The van der Waals surface area contributed by atoms with Crippen molar-refractivity contribution in [2.45, 2.75) is 13.5 Å². The van der Waals surface area contributed by atoms with Gasteiger partial charge in [-0.3, -0.25) is 4.98 Å². The first kappa shape index (κ1) is 11.0. The maximum atomic E-state index is 8.71. The molecule has 0 aliphatic heterocycles. The van der Waals surface area contributed by atoms with Crippen molar-refractivity contribution in [3.63, 3.8) is 0 Å². The topological polar surface area (TPSA) is 45.1 Å². The Hall–Kier alpha value is -1.45. The number of fused-ring (bicyclic) bond motifs is 1. The Kier molecular flexibility index (Phi) is 3.49. The number of aliphatic hydroxyl groups excluding tert-OH is 1. The molecule has 0 aliphatic rings. The zero-order valence-electron chi connectivity index (χ0n) is 9.40. The van der Waals surface area contributed by atoms with Gasteiger partial charge in [-0.15, -0.1) is 0 Å². The molecule has 0 fully saturated rings. The fraction of sp³-hybridized carbons (Fsp3) is 0.308. The van der Waals surface area contributed by atoms with Gasteiger partial charge in [-0.1, -0.05) is 18.2 Å². The molecule has 0 radical (unpaired) electrons. The number of hydrogen-bond acceptors (Lipinski definition) is 3. The van der Waals surface area contributed by atoms with Crippen LogP contribution in [0.15, 0.2) is 30.5 Å². The van der Waals surface area contributed by atoms with Crippen molar-refractivity contribution >= 4 is 10.9 Å². The van der Waals surface area contributed by atoms with Crippen LogP contribution in [0.25, 0.3) is 10.9 Å². The third-order valence-electron chi connectivity index (χ3n) is 2.75. The molecule has 2 rings (SSSR count). The molecule has 0 unspecified atom stereocenters. The Labute approximate surface area is 95.1 Å². The molecule has 1 heterocycles. The van der Waals surface area contributed by atoms with Gasteiger partial charge >= 0.3 is 0 Å². The highest BCUT2D eigenvalue weighted by atomic mass is 16.3. The Morgan fingerprint density at radius 1 is 1.31 bits per heavy atom. The Morgan fingerprint density at radius 3 is 2.94 bits per heavy atom. The second-order valence-electron chi connectivity index (χ2n) is 3.83. The SMILES string of the molecule is Cc1c(CNCCO)cnc2ccccc12. The van der Waals surface area contributed by atoms with E-state index in [0.717, 1.165) is 12.1 Å². The molecule has 0 saturated carbocycles. The number of nitrogens with one attached hydrogen (secondary N) is 1. The lowest BCUT2D eigenvalue weighted by Gasteiger charge is -2.09. The van der Waals surface area contributed by atoms with Crippen molar-refractivity contribution in [2.24, 2.45) is 0 Å². The molecule has 0 atom stereocenters. The van der Waals surface area contributed by atoms with Crippen molar-refractivity contribution in [3.8, 4) is 0 Å². The van der Waals surface area contributed by atoms with Crippen LogP contribution in [0.2, 0.25) is 0 Å². The molecule has 0 aliphatic carbocycles. The van der Waals surface area contributed by atoms with Gasteiger partial charge in [0.1, 0.15) is 0 Å².